The van der Waals surface area contributed by atoms with Crippen LogP contribution in [0.2, 0.25) is 0 Å². The lowest BCUT2D eigenvalue weighted by Crippen LogP contribution is -2.23. The van der Waals surface area contributed by atoms with Crippen LogP contribution < -0.4 is 11.3 Å². The van der Waals surface area contributed by atoms with Gasteiger partial charge in [-0.25, -0.2) is 9.37 Å². The van der Waals surface area contributed by atoms with Gasteiger partial charge in [-0.15, -0.1) is 0 Å². The molecule has 8 heteroatoms. The fourth-order valence-electron chi connectivity index (χ4n) is 3.83. The van der Waals surface area contributed by atoms with Crippen LogP contribution in [0.15, 0.2) is 64.3 Å². The second kappa shape index (κ2) is 9.46. The van der Waals surface area contributed by atoms with Crippen molar-refractivity contribution in [3.8, 4) is 34.0 Å². The van der Waals surface area contributed by atoms with E-state index < -0.39 is 6.04 Å². The number of aromatic nitrogens is 4. The first-order valence-electron chi connectivity index (χ1n) is 11.0. The van der Waals surface area contributed by atoms with Crippen LogP contribution in [0, 0.1) is 5.82 Å². The molecule has 33 heavy (non-hydrogen) atoms. The van der Waals surface area contributed by atoms with Crippen molar-refractivity contribution in [3.63, 3.8) is 0 Å². The molecule has 0 radical (unpaired) electrons. The summed E-state index contributed by atoms with van der Waals surface area (Å²) in [5.74, 6) is 0.0742. The van der Waals surface area contributed by atoms with Crippen LogP contribution in [0.5, 0.6) is 0 Å². The summed E-state index contributed by atoms with van der Waals surface area (Å²) in [5, 5.41) is 4.11. The van der Waals surface area contributed by atoms with E-state index in [2.05, 4.69) is 29.0 Å². The van der Waals surface area contributed by atoms with E-state index in [0.29, 0.717) is 34.0 Å². The number of benzene rings is 1. The van der Waals surface area contributed by atoms with Crippen LogP contribution in [-0.4, -0.2) is 19.7 Å². The molecule has 1 unspecified atom stereocenters. The van der Waals surface area contributed by atoms with Crippen LogP contribution in [0.25, 0.3) is 34.0 Å². The average Bonchev–Trinajstić information content (AvgIpc) is 3.31. The molecule has 0 amide bonds. The lowest BCUT2D eigenvalue weighted by molar-refractivity contribution is 0.433. The van der Waals surface area contributed by atoms with Crippen LogP contribution in [-0.2, 0) is 0 Å². The number of rotatable bonds is 7. The van der Waals surface area contributed by atoms with Gasteiger partial charge in [-0.2, -0.15) is 0 Å². The van der Waals surface area contributed by atoms with Crippen LogP contribution in [0.3, 0.4) is 0 Å². The van der Waals surface area contributed by atoms with Crippen molar-refractivity contribution >= 4 is 0 Å². The highest BCUT2D eigenvalue weighted by atomic mass is 19.1. The van der Waals surface area contributed by atoms with E-state index in [-0.39, 0.29) is 17.4 Å². The van der Waals surface area contributed by atoms with Crippen molar-refractivity contribution in [2.24, 2.45) is 5.73 Å². The molecule has 0 saturated heterocycles. The first-order valence-corrected chi connectivity index (χ1v) is 11.0. The molecule has 4 aromatic rings. The third-order valence-corrected chi connectivity index (χ3v) is 5.75. The molecule has 7 nitrogen and oxygen atoms in total. The van der Waals surface area contributed by atoms with Gasteiger partial charge in [0.25, 0.3) is 5.56 Å². The number of hydrogen-bond donors (Lipinski definition) is 1. The highest BCUT2D eigenvalue weighted by Gasteiger charge is 2.15. The third kappa shape index (κ3) is 4.61. The predicted octanol–water partition coefficient (Wildman–Crippen LogP) is 5.15. The van der Waals surface area contributed by atoms with E-state index in [1.807, 2.05) is 6.20 Å². The van der Waals surface area contributed by atoms with Gasteiger partial charge in [-0.1, -0.05) is 19.0 Å². The fraction of sp³-hybridized carbons (Fsp3) is 0.280. The summed E-state index contributed by atoms with van der Waals surface area (Å²) in [4.78, 5) is 21.3. The number of nitrogens with two attached hydrogens (primary N) is 1. The van der Waals surface area contributed by atoms with E-state index in [1.54, 1.807) is 54.2 Å². The van der Waals surface area contributed by atoms with Crippen LogP contribution >= 0.6 is 0 Å². The van der Waals surface area contributed by atoms with E-state index in [1.165, 1.54) is 6.07 Å². The van der Waals surface area contributed by atoms with Gasteiger partial charge < -0.3 is 14.8 Å². The molecule has 1 aromatic carbocycles. The minimum absolute atomic E-state index is 0.0399. The normalized spacial score (nSPS) is 12.3. The van der Waals surface area contributed by atoms with Crippen LogP contribution in [0.4, 0.5) is 4.39 Å². The average molecular weight is 448 g/mol. The maximum absolute atomic E-state index is 14.0. The van der Waals surface area contributed by atoms with E-state index in [0.717, 1.165) is 18.4 Å². The quantitative estimate of drug-likeness (QED) is 0.421. The molecule has 3 heterocycles. The smallest absolute Gasteiger partial charge is 0.250 e. The molecule has 3 aromatic heterocycles. The fourth-order valence-corrected chi connectivity index (χ4v) is 3.83. The summed E-state index contributed by atoms with van der Waals surface area (Å²) in [6.07, 6.45) is 6.78. The van der Waals surface area contributed by atoms with Crippen molar-refractivity contribution < 1.29 is 8.91 Å². The zero-order valence-corrected chi connectivity index (χ0v) is 18.8. The van der Waals surface area contributed by atoms with Gasteiger partial charge in [0, 0.05) is 47.1 Å². The lowest BCUT2D eigenvalue weighted by atomic mass is 10.0. The van der Waals surface area contributed by atoms with Crippen molar-refractivity contribution in [1.82, 2.24) is 19.7 Å². The van der Waals surface area contributed by atoms with Gasteiger partial charge >= 0.3 is 0 Å². The number of pyridine rings is 1. The Bertz CT molecular complexity index is 1320. The molecule has 170 valence electrons. The Kier molecular flexibility index (Phi) is 6.46. The lowest BCUT2D eigenvalue weighted by Gasteiger charge is -2.17. The zero-order valence-electron chi connectivity index (χ0n) is 18.8. The maximum Gasteiger partial charge on any atom is 0.250 e. The Labute approximate surface area is 191 Å². The molecule has 0 saturated carbocycles. The van der Waals surface area contributed by atoms with Gasteiger partial charge in [0.05, 0.1) is 18.1 Å². The first kappa shape index (κ1) is 22.5. The van der Waals surface area contributed by atoms with Gasteiger partial charge in [-0.3, -0.25) is 9.78 Å². The summed E-state index contributed by atoms with van der Waals surface area (Å²) < 4.78 is 21.3. The molecule has 0 aliphatic carbocycles. The van der Waals surface area contributed by atoms with E-state index >= 15 is 0 Å². The standard InChI is InChI=1S/C25H26FN5O2/c1-4-18(5-2)31-14-17(7-9-25(31)32)22-12-28-13-23(29-22)24-11-21(30-33-24)16-6-8-20(26)19(10-16)15(3)27/h6-15,18H,4-5,27H2,1-3H3. The monoisotopic (exact) mass is 447 g/mol. The number of nitrogens with zero attached hydrogens (tertiary/aromatic N) is 4. The SMILES string of the molecule is CCC(CC)n1cc(-c2cncc(-c3cc(-c4ccc(F)c(C(C)N)c4)no3)n2)ccc1=O. The Balaban J connectivity index is 1.68. The largest absolute Gasteiger partial charge is 0.354 e. The Morgan fingerprint density at radius 1 is 1.03 bits per heavy atom. The van der Waals surface area contributed by atoms with Crippen molar-refractivity contribution in [1.29, 1.82) is 0 Å². The predicted molar refractivity (Wildman–Crippen MR) is 125 cm³/mol. The topological polar surface area (TPSA) is 99.8 Å². The minimum Gasteiger partial charge on any atom is -0.354 e. The highest BCUT2D eigenvalue weighted by Crippen LogP contribution is 2.28. The Hall–Kier alpha value is -3.65. The summed E-state index contributed by atoms with van der Waals surface area (Å²) in [7, 11) is 0. The summed E-state index contributed by atoms with van der Waals surface area (Å²) >= 11 is 0. The van der Waals surface area contributed by atoms with Gasteiger partial charge in [0.2, 0.25) is 0 Å². The first-order chi connectivity index (χ1) is 15.9. The van der Waals surface area contributed by atoms with Crippen molar-refractivity contribution in [3.05, 3.63) is 76.7 Å². The van der Waals surface area contributed by atoms with Gasteiger partial charge in [0.15, 0.2) is 5.76 Å². The van der Waals surface area contributed by atoms with E-state index in [9.17, 15) is 9.18 Å². The Morgan fingerprint density at radius 3 is 2.48 bits per heavy atom. The second-order valence-electron chi connectivity index (χ2n) is 8.02. The molecule has 2 N–H and O–H groups in total. The summed E-state index contributed by atoms with van der Waals surface area (Å²) in [6, 6.07) is 9.39. The third-order valence-electron chi connectivity index (χ3n) is 5.75. The maximum atomic E-state index is 14.0. The van der Waals surface area contributed by atoms with Crippen LogP contribution in [0.1, 0.15) is 51.3 Å². The zero-order chi connectivity index (χ0) is 23.5. The summed E-state index contributed by atoms with van der Waals surface area (Å²) in [5.41, 5.74) is 9.37. The molecule has 1 atom stereocenters. The van der Waals surface area contributed by atoms with Crippen molar-refractivity contribution in [2.75, 3.05) is 0 Å². The molecule has 4 rings (SSSR count). The van der Waals surface area contributed by atoms with E-state index in [4.69, 9.17) is 10.3 Å². The van der Waals surface area contributed by atoms with Crippen molar-refractivity contribution in [2.45, 2.75) is 45.7 Å². The number of hydrogen-bond acceptors (Lipinski definition) is 6. The Morgan fingerprint density at radius 2 is 1.76 bits per heavy atom. The molecule has 0 spiro atoms. The molecule has 0 bridgehead atoms. The van der Waals surface area contributed by atoms with Gasteiger partial charge in [-0.05, 0) is 44.0 Å². The molecule has 0 aliphatic rings. The second-order valence-corrected chi connectivity index (χ2v) is 8.02. The molecule has 0 fully saturated rings. The highest BCUT2D eigenvalue weighted by molar-refractivity contribution is 5.67. The summed E-state index contributed by atoms with van der Waals surface area (Å²) in [6.45, 7) is 5.85. The minimum atomic E-state index is -0.442. The molecule has 0 aliphatic heterocycles. The van der Waals surface area contributed by atoms with Gasteiger partial charge in [0.1, 0.15) is 17.2 Å². The molecular weight excluding hydrogens is 421 g/mol. The number of halogens is 1. The molecular formula is C25H26FN5O2.